The lowest BCUT2D eigenvalue weighted by molar-refractivity contribution is 0.102. The number of aromatic nitrogens is 2. The SMILES string of the molecule is COc1ccc2nc(-c3c(-c4ccc(C)cc4C)c[nH]c3NC(=O)c3ccccc3C)sc2c1. The molecule has 0 aliphatic carbocycles. The van der Waals surface area contributed by atoms with Crippen LogP contribution in [0, 0.1) is 20.8 Å². The first-order valence-electron chi connectivity index (χ1n) is 11.1. The number of nitrogens with zero attached hydrogens (tertiary/aromatic N) is 1. The van der Waals surface area contributed by atoms with Gasteiger partial charge in [0.25, 0.3) is 5.91 Å². The molecule has 0 radical (unpaired) electrons. The molecule has 34 heavy (non-hydrogen) atoms. The summed E-state index contributed by atoms with van der Waals surface area (Å²) in [5.41, 5.74) is 7.82. The highest BCUT2D eigenvalue weighted by Gasteiger charge is 2.22. The van der Waals surface area contributed by atoms with Crippen LogP contribution in [0.4, 0.5) is 5.82 Å². The van der Waals surface area contributed by atoms with Crippen LogP contribution in [0.15, 0.2) is 66.9 Å². The van der Waals surface area contributed by atoms with E-state index in [4.69, 9.17) is 9.72 Å². The molecule has 6 heteroatoms. The molecule has 2 heterocycles. The Morgan fingerprint density at radius 1 is 0.971 bits per heavy atom. The molecule has 0 unspecified atom stereocenters. The van der Waals surface area contributed by atoms with Crippen LogP contribution in [0.5, 0.6) is 5.75 Å². The molecule has 0 spiro atoms. The zero-order valence-corrected chi connectivity index (χ0v) is 20.3. The zero-order chi connectivity index (χ0) is 23.8. The maximum absolute atomic E-state index is 13.2. The lowest BCUT2D eigenvalue weighted by atomic mass is 9.98. The Morgan fingerprint density at radius 2 is 1.79 bits per heavy atom. The molecule has 2 N–H and O–H groups in total. The minimum Gasteiger partial charge on any atom is -0.497 e. The summed E-state index contributed by atoms with van der Waals surface area (Å²) < 4.78 is 6.42. The van der Waals surface area contributed by atoms with E-state index in [2.05, 4.69) is 42.3 Å². The predicted octanol–water partition coefficient (Wildman–Crippen LogP) is 7.14. The van der Waals surface area contributed by atoms with Crippen LogP contribution >= 0.6 is 11.3 Å². The second kappa shape index (κ2) is 8.80. The average Bonchev–Trinajstić information content (AvgIpc) is 3.42. The van der Waals surface area contributed by atoms with E-state index in [9.17, 15) is 4.79 Å². The Labute approximate surface area is 202 Å². The first-order chi connectivity index (χ1) is 16.4. The maximum atomic E-state index is 13.2. The van der Waals surface area contributed by atoms with Crippen molar-refractivity contribution in [2.75, 3.05) is 12.4 Å². The van der Waals surface area contributed by atoms with Gasteiger partial charge in [-0.15, -0.1) is 11.3 Å². The third kappa shape index (κ3) is 3.97. The van der Waals surface area contributed by atoms with E-state index in [-0.39, 0.29) is 5.91 Å². The number of thiazole rings is 1. The average molecular weight is 468 g/mol. The first kappa shape index (κ1) is 21.9. The Balaban J connectivity index is 1.66. The first-order valence-corrected chi connectivity index (χ1v) is 11.9. The number of rotatable bonds is 5. The Bertz CT molecular complexity index is 1530. The van der Waals surface area contributed by atoms with Crippen LogP contribution in [0.1, 0.15) is 27.0 Å². The smallest absolute Gasteiger partial charge is 0.257 e. The topological polar surface area (TPSA) is 67.0 Å². The molecular formula is C28H25N3O2S. The minimum atomic E-state index is -0.156. The summed E-state index contributed by atoms with van der Waals surface area (Å²) in [7, 11) is 1.66. The van der Waals surface area contributed by atoms with Gasteiger partial charge in [0, 0.05) is 17.3 Å². The Morgan fingerprint density at radius 3 is 2.56 bits per heavy atom. The summed E-state index contributed by atoms with van der Waals surface area (Å²) in [6.45, 7) is 6.13. The molecule has 3 aromatic carbocycles. The standard InChI is InChI=1S/C28H25N3O2S/c1-16-9-11-20(18(3)13-16)22-15-29-26(31-27(32)21-8-6-5-7-17(21)2)25(22)28-30-23-12-10-19(33-4)14-24(23)34-28/h5-15,29H,1-4H3,(H,31,32). The largest absolute Gasteiger partial charge is 0.497 e. The number of hydrogen-bond donors (Lipinski definition) is 2. The Kier molecular flexibility index (Phi) is 5.67. The van der Waals surface area contributed by atoms with E-state index < -0.39 is 0 Å². The van der Waals surface area contributed by atoms with Crippen LogP contribution in [-0.4, -0.2) is 23.0 Å². The highest BCUT2D eigenvalue weighted by molar-refractivity contribution is 7.21. The van der Waals surface area contributed by atoms with Crippen LogP contribution in [-0.2, 0) is 0 Å². The van der Waals surface area contributed by atoms with Gasteiger partial charge in [0.1, 0.15) is 16.6 Å². The van der Waals surface area contributed by atoms with Gasteiger partial charge >= 0.3 is 0 Å². The fourth-order valence-corrected chi connectivity index (χ4v) is 5.28. The number of nitrogens with one attached hydrogen (secondary N) is 2. The molecule has 170 valence electrons. The number of benzene rings is 3. The molecule has 0 aliphatic heterocycles. The number of amides is 1. The van der Waals surface area contributed by atoms with Crippen LogP contribution < -0.4 is 10.1 Å². The number of carbonyl (C=O) groups is 1. The molecule has 0 saturated heterocycles. The van der Waals surface area contributed by atoms with Crippen molar-refractivity contribution in [2.24, 2.45) is 0 Å². The van der Waals surface area contributed by atoms with E-state index in [1.807, 2.05) is 55.6 Å². The fourth-order valence-electron chi connectivity index (χ4n) is 4.22. The third-order valence-electron chi connectivity index (χ3n) is 5.99. The van der Waals surface area contributed by atoms with Gasteiger partial charge in [-0.3, -0.25) is 4.79 Å². The van der Waals surface area contributed by atoms with Crippen LogP contribution in [0.25, 0.3) is 31.9 Å². The van der Waals surface area contributed by atoms with Crippen molar-refractivity contribution < 1.29 is 9.53 Å². The van der Waals surface area contributed by atoms with Crippen molar-refractivity contribution >= 4 is 33.3 Å². The van der Waals surface area contributed by atoms with Gasteiger partial charge in [-0.05, 0) is 61.7 Å². The minimum absolute atomic E-state index is 0.156. The number of aryl methyl sites for hydroxylation is 3. The second-order valence-electron chi connectivity index (χ2n) is 8.39. The summed E-state index contributed by atoms with van der Waals surface area (Å²) in [4.78, 5) is 21.4. The molecule has 5 aromatic rings. The molecule has 5 nitrogen and oxygen atoms in total. The molecule has 0 aliphatic rings. The molecule has 5 rings (SSSR count). The number of H-pyrrole nitrogens is 1. The second-order valence-corrected chi connectivity index (χ2v) is 9.42. The molecule has 1 amide bonds. The quantitative estimate of drug-likeness (QED) is 0.289. The third-order valence-corrected chi connectivity index (χ3v) is 7.03. The number of hydrogen-bond acceptors (Lipinski definition) is 4. The van der Waals surface area contributed by atoms with Gasteiger partial charge < -0.3 is 15.0 Å². The summed E-state index contributed by atoms with van der Waals surface area (Å²) in [6.07, 6.45) is 1.95. The number of carbonyl (C=O) groups excluding carboxylic acids is 1. The van der Waals surface area contributed by atoms with Gasteiger partial charge in [-0.2, -0.15) is 0 Å². The van der Waals surface area contributed by atoms with E-state index in [1.165, 1.54) is 11.1 Å². The summed E-state index contributed by atoms with van der Waals surface area (Å²) in [5, 5.41) is 3.93. The van der Waals surface area contributed by atoms with Crippen molar-refractivity contribution in [3.05, 3.63) is 89.1 Å². The van der Waals surface area contributed by atoms with E-state index in [1.54, 1.807) is 18.4 Å². The van der Waals surface area contributed by atoms with Crippen LogP contribution in [0.3, 0.4) is 0 Å². The number of aromatic amines is 1. The molecular weight excluding hydrogens is 442 g/mol. The van der Waals surface area contributed by atoms with Crippen molar-refractivity contribution in [3.63, 3.8) is 0 Å². The molecule has 0 fully saturated rings. The van der Waals surface area contributed by atoms with Crippen molar-refractivity contribution in [1.29, 1.82) is 0 Å². The molecule has 0 saturated carbocycles. The van der Waals surface area contributed by atoms with Crippen molar-refractivity contribution in [1.82, 2.24) is 9.97 Å². The van der Waals surface area contributed by atoms with E-state index >= 15 is 0 Å². The molecule has 0 bridgehead atoms. The maximum Gasteiger partial charge on any atom is 0.257 e. The Hall–Kier alpha value is -3.90. The lowest BCUT2D eigenvalue weighted by Gasteiger charge is -2.10. The summed E-state index contributed by atoms with van der Waals surface area (Å²) >= 11 is 1.58. The van der Waals surface area contributed by atoms with Gasteiger partial charge in [-0.1, -0.05) is 42.0 Å². The van der Waals surface area contributed by atoms with E-state index in [0.717, 1.165) is 43.2 Å². The van der Waals surface area contributed by atoms with Crippen molar-refractivity contribution in [3.8, 4) is 27.4 Å². The highest BCUT2D eigenvalue weighted by Crippen LogP contribution is 2.43. The molecule has 2 aromatic heterocycles. The number of methoxy groups -OCH3 is 1. The summed E-state index contributed by atoms with van der Waals surface area (Å²) in [5.74, 6) is 1.27. The van der Waals surface area contributed by atoms with Gasteiger partial charge in [0.2, 0.25) is 0 Å². The highest BCUT2D eigenvalue weighted by atomic mass is 32.1. The van der Waals surface area contributed by atoms with Gasteiger partial charge in [-0.25, -0.2) is 4.98 Å². The normalized spacial score (nSPS) is 11.1. The van der Waals surface area contributed by atoms with Gasteiger partial charge in [0.05, 0.1) is 22.9 Å². The number of fused-ring (bicyclic) bond motifs is 1. The van der Waals surface area contributed by atoms with Crippen molar-refractivity contribution in [2.45, 2.75) is 20.8 Å². The predicted molar refractivity (Wildman–Crippen MR) is 140 cm³/mol. The zero-order valence-electron chi connectivity index (χ0n) is 19.5. The van der Waals surface area contributed by atoms with Gasteiger partial charge in [0.15, 0.2) is 0 Å². The molecule has 0 atom stereocenters. The monoisotopic (exact) mass is 467 g/mol. The van der Waals surface area contributed by atoms with Crippen LogP contribution in [0.2, 0.25) is 0 Å². The fraction of sp³-hybridized carbons (Fsp3) is 0.143. The summed E-state index contributed by atoms with van der Waals surface area (Å²) in [6, 6.07) is 19.8. The van der Waals surface area contributed by atoms with E-state index in [0.29, 0.717) is 11.4 Å². The number of ether oxygens (including phenoxy) is 1. The lowest BCUT2D eigenvalue weighted by Crippen LogP contribution is -2.14. The number of anilines is 1.